The first-order valence-electron chi connectivity index (χ1n) is 5.65. The first-order chi connectivity index (χ1) is 8.09. The van der Waals surface area contributed by atoms with Gasteiger partial charge in [0.05, 0.1) is 6.04 Å². The SMILES string of the molecule is C[C@@H](c1ccccc1)N1C[C@H](C(=O)[O-])CC1=O. The largest absolute Gasteiger partial charge is 0.550 e. The van der Waals surface area contributed by atoms with E-state index in [-0.39, 0.29) is 24.9 Å². The highest BCUT2D eigenvalue weighted by Gasteiger charge is 2.33. The van der Waals surface area contributed by atoms with Gasteiger partial charge in [0.2, 0.25) is 5.91 Å². The van der Waals surface area contributed by atoms with Gasteiger partial charge in [-0.25, -0.2) is 0 Å². The van der Waals surface area contributed by atoms with E-state index in [0.717, 1.165) is 5.56 Å². The first-order valence-corrected chi connectivity index (χ1v) is 5.65. The van der Waals surface area contributed by atoms with E-state index in [1.165, 1.54) is 0 Å². The van der Waals surface area contributed by atoms with E-state index in [1.807, 2.05) is 37.3 Å². The normalized spacial score (nSPS) is 21.6. The number of hydrogen-bond donors (Lipinski definition) is 0. The molecule has 0 aromatic heterocycles. The molecule has 1 amide bonds. The molecule has 0 spiro atoms. The average Bonchev–Trinajstić information content (AvgIpc) is 2.72. The molecule has 1 fully saturated rings. The van der Waals surface area contributed by atoms with Crippen LogP contribution in [0.2, 0.25) is 0 Å². The zero-order valence-electron chi connectivity index (χ0n) is 9.63. The van der Waals surface area contributed by atoms with Gasteiger partial charge < -0.3 is 14.8 Å². The summed E-state index contributed by atoms with van der Waals surface area (Å²) in [4.78, 5) is 24.1. The van der Waals surface area contributed by atoms with Crippen molar-refractivity contribution >= 4 is 11.9 Å². The maximum Gasteiger partial charge on any atom is 0.223 e. The van der Waals surface area contributed by atoms with E-state index >= 15 is 0 Å². The fourth-order valence-corrected chi connectivity index (χ4v) is 2.18. The predicted molar refractivity (Wildman–Crippen MR) is 59.7 cm³/mol. The number of carboxylic acid groups (broad SMARTS) is 1. The molecule has 0 unspecified atom stereocenters. The van der Waals surface area contributed by atoms with Gasteiger partial charge in [-0.1, -0.05) is 30.3 Å². The second kappa shape index (κ2) is 4.57. The molecule has 2 rings (SSSR count). The molecule has 4 nitrogen and oxygen atoms in total. The Morgan fingerprint density at radius 1 is 1.41 bits per heavy atom. The average molecular weight is 232 g/mol. The van der Waals surface area contributed by atoms with E-state index in [2.05, 4.69) is 0 Å². The van der Waals surface area contributed by atoms with Crippen LogP contribution in [0.4, 0.5) is 0 Å². The smallest absolute Gasteiger partial charge is 0.223 e. The van der Waals surface area contributed by atoms with Gasteiger partial charge in [-0.3, -0.25) is 4.79 Å². The van der Waals surface area contributed by atoms with E-state index in [9.17, 15) is 14.7 Å². The molecular formula is C13H14NO3-. The molecule has 1 aromatic carbocycles. The van der Waals surface area contributed by atoms with Crippen molar-refractivity contribution in [2.45, 2.75) is 19.4 Å². The number of likely N-dealkylation sites (tertiary alicyclic amines) is 1. The molecule has 90 valence electrons. The third-order valence-corrected chi connectivity index (χ3v) is 3.24. The fraction of sp³-hybridized carbons (Fsp3) is 0.385. The maximum atomic E-state index is 11.7. The van der Waals surface area contributed by atoms with Crippen molar-refractivity contribution in [1.29, 1.82) is 0 Å². The van der Waals surface area contributed by atoms with Crippen LogP contribution in [0.1, 0.15) is 24.9 Å². The summed E-state index contributed by atoms with van der Waals surface area (Å²) in [5, 5.41) is 10.8. The molecule has 2 atom stereocenters. The van der Waals surface area contributed by atoms with E-state index in [4.69, 9.17) is 0 Å². The molecule has 4 heteroatoms. The van der Waals surface area contributed by atoms with Crippen molar-refractivity contribution in [1.82, 2.24) is 4.90 Å². The zero-order chi connectivity index (χ0) is 12.4. The maximum absolute atomic E-state index is 11.7. The number of rotatable bonds is 3. The highest BCUT2D eigenvalue weighted by atomic mass is 16.4. The van der Waals surface area contributed by atoms with Gasteiger partial charge in [-0.2, -0.15) is 0 Å². The predicted octanol–water partition coefficient (Wildman–Crippen LogP) is 0.346. The lowest BCUT2D eigenvalue weighted by atomic mass is 10.1. The summed E-state index contributed by atoms with van der Waals surface area (Å²) in [7, 11) is 0. The van der Waals surface area contributed by atoms with Gasteiger partial charge in [0.25, 0.3) is 0 Å². The van der Waals surface area contributed by atoms with Crippen molar-refractivity contribution in [3.63, 3.8) is 0 Å². The fourth-order valence-electron chi connectivity index (χ4n) is 2.18. The molecule has 0 N–H and O–H groups in total. The molecule has 0 radical (unpaired) electrons. The quantitative estimate of drug-likeness (QED) is 0.755. The lowest BCUT2D eigenvalue weighted by Crippen LogP contribution is -2.34. The van der Waals surface area contributed by atoms with Crippen LogP contribution < -0.4 is 5.11 Å². The van der Waals surface area contributed by atoms with E-state index < -0.39 is 11.9 Å². The Balaban J connectivity index is 2.14. The Bertz CT molecular complexity index is 430. The van der Waals surface area contributed by atoms with Crippen molar-refractivity contribution < 1.29 is 14.7 Å². The van der Waals surface area contributed by atoms with Crippen LogP contribution in [0.25, 0.3) is 0 Å². The number of nitrogens with zero attached hydrogens (tertiary/aromatic N) is 1. The lowest BCUT2D eigenvalue weighted by molar-refractivity contribution is -0.311. The molecule has 1 aliphatic rings. The molecule has 1 aliphatic heterocycles. The van der Waals surface area contributed by atoms with Crippen LogP contribution in [0.15, 0.2) is 30.3 Å². The van der Waals surface area contributed by atoms with Gasteiger partial charge in [0.15, 0.2) is 0 Å². The van der Waals surface area contributed by atoms with Crippen molar-refractivity contribution in [3.8, 4) is 0 Å². The minimum atomic E-state index is -1.14. The van der Waals surface area contributed by atoms with Crippen molar-refractivity contribution in [2.24, 2.45) is 5.92 Å². The lowest BCUT2D eigenvalue weighted by Gasteiger charge is -2.25. The van der Waals surface area contributed by atoms with Gasteiger partial charge in [-0.05, 0) is 12.5 Å². The summed E-state index contributed by atoms with van der Waals surface area (Å²) in [6.07, 6.45) is 0.0551. The third kappa shape index (κ3) is 2.30. The van der Waals surface area contributed by atoms with Crippen LogP contribution >= 0.6 is 0 Å². The van der Waals surface area contributed by atoms with Gasteiger partial charge >= 0.3 is 0 Å². The molecular weight excluding hydrogens is 218 g/mol. The number of amides is 1. The number of carbonyl (C=O) groups is 2. The topological polar surface area (TPSA) is 60.4 Å². The molecule has 1 heterocycles. The number of aliphatic carboxylic acids is 1. The minimum Gasteiger partial charge on any atom is -0.550 e. The Kier molecular flexibility index (Phi) is 3.13. The number of hydrogen-bond acceptors (Lipinski definition) is 3. The van der Waals surface area contributed by atoms with Gasteiger partial charge in [0.1, 0.15) is 0 Å². The van der Waals surface area contributed by atoms with Crippen LogP contribution in [0.5, 0.6) is 0 Å². The summed E-state index contributed by atoms with van der Waals surface area (Å²) < 4.78 is 0. The molecule has 1 aromatic rings. The number of carboxylic acids is 1. The Morgan fingerprint density at radius 2 is 2.06 bits per heavy atom. The van der Waals surface area contributed by atoms with Crippen LogP contribution in [-0.4, -0.2) is 23.3 Å². The first kappa shape index (κ1) is 11.6. The second-order valence-electron chi connectivity index (χ2n) is 4.35. The van der Waals surface area contributed by atoms with E-state index in [0.29, 0.717) is 0 Å². The van der Waals surface area contributed by atoms with Gasteiger partial charge in [-0.15, -0.1) is 0 Å². The second-order valence-corrected chi connectivity index (χ2v) is 4.35. The summed E-state index contributed by atoms with van der Waals surface area (Å²) in [6, 6.07) is 9.50. The summed E-state index contributed by atoms with van der Waals surface area (Å²) >= 11 is 0. The molecule has 1 saturated heterocycles. The molecule has 17 heavy (non-hydrogen) atoms. The minimum absolute atomic E-state index is 0.0551. The third-order valence-electron chi connectivity index (χ3n) is 3.24. The van der Waals surface area contributed by atoms with Gasteiger partial charge in [0, 0.05) is 24.9 Å². The summed E-state index contributed by atoms with van der Waals surface area (Å²) in [5.41, 5.74) is 1.01. The highest BCUT2D eigenvalue weighted by molar-refractivity contribution is 5.85. The monoisotopic (exact) mass is 232 g/mol. The molecule has 0 saturated carbocycles. The Hall–Kier alpha value is -1.84. The number of carbonyl (C=O) groups excluding carboxylic acids is 2. The van der Waals surface area contributed by atoms with Crippen molar-refractivity contribution in [2.75, 3.05) is 6.54 Å². The number of benzene rings is 1. The zero-order valence-corrected chi connectivity index (χ0v) is 9.63. The molecule has 0 bridgehead atoms. The van der Waals surface area contributed by atoms with Crippen LogP contribution in [0.3, 0.4) is 0 Å². The van der Waals surface area contributed by atoms with Crippen LogP contribution in [0, 0.1) is 5.92 Å². The summed E-state index contributed by atoms with van der Waals surface area (Å²) in [5.74, 6) is -1.93. The summed E-state index contributed by atoms with van der Waals surface area (Å²) in [6.45, 7) is 2.15. The highest BCUT2D eigenvalue weighted by Crippen LogP contribution is 2.27. The standard InChI is InChI=1S/C13H15NO3/c1-9(10-5-3-2-4-6-10)14-8-11(13(16)17)7-12(14)15/h2-6,9,11H,7-8H2,1H3,(H,16,17)/p-1/t9-,11+/m0/s1. The molecule has 0 aliphatic carbocycles. The van der Waals surface area contributed by atoms with Crippen molar-refractivity contribution in [3.05, 3.63) is 35.9 Å². The van der Waals surface area contributed by atoms with E-state index in [1.54, 1.807) is 4.90 Å². The Labute approximate surface area is 99.9 Å². The Morgan fingerprint density at radius 3 is 2.59 bits per heavy atom. The van der Waals surface area contributed by atoms with Crippen LogP contribution in [-0.2, 0) is 9.59 Å².